The Kier molecular flexibility index (Phi) is 4.52. The number of hydrogen-bond donors (Lipinski definition) is 1. The third kappa shape index (κ3) is 3.10. The number of rotatable bonds is 4. The Morgan fingerprint density at radius 2 is 2.06 bits per heavy atom. The number of halogens is 1. The van der Waals surface area contributed by atoms with Gasteiger partial charge in [-0.05, 0) is 39.8 Å². The van der Waals surface area contributed by atoms with Gasteiger partial charge in [-0.3, -0.25) is 0 Å². The molecule has 0 aromatic heterocycles. The molecule has 2 N–H and O–H groups in total. The lowest BCUT2D eigenvalue weighted by Gasteiger charge is -2.38. The molecule has 0 aliphatic heterocycles. The first-order valence-corrected chi connectivity index (χ1v) is 6.21. The third-order valence-electron chi connectivity index (χ3n) is 2.90. The van der Waals surface area contributed by atoms with E-state index < -0.39 is 0 Å². The first kappa shape index (κ1) is 14.7. The maximum absolute atomic E-state index is 14.0. The monoisotopic (exact) mass is 250 g/mol. The minimum absolute atomic E-state index is 0.119. The second kappa shape index (κ2) is 5.53. The molecule has 2 nitrogen and oxygen atoms in total. The van der Waals surface area contributed by atoms with Crippen LogP contribution in [0.5, 0.6) is 0 Å². The highest BCUT2D eigenvalue weighted by atomic mass is 19.1. The molecular weight excluding hydrogens is 227 g/mol. The number of hydrogen-bond acceptors (Lipinski definition) is 2. The fraction of sp³-hybridized carbons (Fsp3) is 0.467. The molecule has 1 aromatic rings. The van der Waals surface area contributed by atoms with Gasteiger partial charge < -0.3 is 10.6 Å². The van der Waals surface area contributed by atoms with Crippen LogP contribution in [0, 0.1) is 5.82 Å². The maximum Gasteiger partial charge on any atom is 0.130 e. The van der Waals surface area contributed by atoms with Crippen molar-refractivity contribution < 1.29 is 4.39 Å². The topological polar surface area (TPSA) is 29.3 Å². The van der Waals surface area contributed by atoms with Crippen molar-refractivity contribution in [2.45, 2.75) is 39.3 Å². The van der Waals surface area contributed by atoms with Crippen molar-refractivity contribution in [2.75, 3.05) is 11.4 Å². The molecule has 0 saturated carbocycles. The molecule has 0 amide bonds. The van der Waals surface area contributed by atoms with Gasteiger partial charge in [-0.15, -0.1) is 6.58 Å². The van der Waals surface area contributed by atoms with Gasteiger partial charge in [0.15, 0.2) is 0 Å². The van der Waals surface area contributed by atoms with Crippen LogP contribution in [0.25, 0.3) is 0 Å². The van der Waals surface area contributed by atoms with Crippen molar-refractivity contribution in [1.29, 1.82) is 0 Å². The van der Waals surface area contributed by atoms with Gasteiger partial charge in [-0.1, -0.05) is 12.1 Å². The van der Waals surface area contributed by atoms with Crippen LogP contribution >= 0.6 is 0 Å². The fourth-order valence-corrected chi connectivity index (χ4v) is 2.07. The zero-order chi connectivity index (χ0) is 13.9. The van der Waals surface area contributed by atoms with Crippen LogP contribution in [-0.4, -0.2) is 12.1 Å². The highest BCUT2D eigenvalue weighted by Crippen LogP contribution is 2.32. The van der Waals surface area contributed by atoms with Crippen LogP contribution in [0.4, 0.5) is 10.1 Å². The van der Waals surface area contributed by atoms with Crippen molar-refractivity contribution in [2.24, 2.45) is 5.73 Å². The van der Waals surface area contributed by atoms with Gasteiger partial charge in [0.2, 0.25) is 0 Å². The minimum Gasteiger partial charge on any atom is -0.363 e. The van der Waals surface area contributed by atoms with E-state index in [4.69, 9.17) is 5.73 Å². The lowest BCUT2D eigenvalue weighted by atomic mass is 9.99. The van der Waals surface area contributed by atoms with Crippen LogP contribution in [0.15, 0.2) is 30.9 Å². The summed E-state index contributed by atoms with van der Waals surface area (Å²) in [4.78, 5) is 2.11. The molecule has 1 atom stereocenters. The molecule has 0 aliphatic carbocycles. The lowest BCUT2D eigenvalue weighted by molar-refractivity contribution is 0.514. The van der Waals surface area contributed by atoms with Crippen molar-refractivity contribution in [3.8, 4) is 0 Å². The Morgan fingerprint density at radius 3 is 2.50 bits per heavy atom. The predicted octanol–water partition coefficient (Wildman–Crippen LogP) is 3.64. The lowest BCUT2D eigenvalue weighted by Crippen LogP contribution is -2.42. The Hall–Kier alpha value is -1.35. The van der Waals surface area contributed by atoms with Crippen molar-refractivity contribution in [3.63, 3.8) is 0 Å². The Balaban J connectivity index is 3.36. The van der Waals surface area contributed by atoms with Crippen molar-refractivity contribution in [1.82, 2.24) is 0 Å². The number of benzene rings is 1. The van der Waals surface area contributed by atoms with E-state index in [0.29, 0.717) is 12.1 Å². The van der Waals surface area contributed by atoms with Gasteiger partial charge in [-0.25, -0.2) is 4.39 Å². The van der Waals surface area contributed by atoms with Gasteiger partial charge >= 0.3 is 0 Å². The highest BCUT2D eigenvalue weighted by molar-refractivity contribution is 5.57. The summed E-state index contributed by atoms with van der Waals surface area (Å²) in [6, 6.07) is 4.75. The Bertz CT molecular complexity index is 419. The first-order chi connectivity index (χ1) is 8.29. The summed E-state index contributed by atoms with van der Waals surface area (Å²) < 4.78 is 14.0. The molecule has 3 heteroatoms. The largest absolute Gasteiger partial charge is 0.363 e. The molecule has 1 rings (SSSR count). The van der Waals surface area contributed by atoms with E-state index in [1.165, 1.54) is 6.07 Å². The fourth-order valence-electron chi connectivity index (χ4n) is 2.07. The molecule has 0 radical (unpaired) electrons. The van der Waals surface area contributed by atoms with Crippen LogP contribution in [0.1, 0.15) is 39.3 Å². The summed E-state index contributed by atoms with van der Waals surface area (Å²) in [5.74, 6) is -0.249. The standard InChI is InChI=1S/C15H23FN2/c1-6-10-18(15(3,4)5)13-9-7-8-12(16)14(13)11(2)17/h6-9,11H,1,10,17H2,2-5H3/t11-/m1/s1. The van der Waals surface area contributed by atoms with E-state index in [1.54, 1.807) is 13.0 Å². The molecule has 0 fully saturated rings. The molecule has 0 heterocycles. The Labute approximate surface area is 109 Å². The van der Waals surface area contributed by atoms with Crippen LogP contribution in [0.2, 0.25) is 0 Å². The van der Waals surface area contributed by atoms with Crippen molar-refractivity contribution >= 4 is 5.69 Å². The van der Waals surface area contributed by atoms with Crippen LogP contribution < -0.4 is 10.6 Å². The number of nitrogens with zero attached hydrogens (tertiary/aromatic N) is 1. The SMILES string of the molecule is C=CCN(c1cccc(F)c1[C@@H](C)N)C(C)(C)C. The van der Waals surface area contributed by atoms with E-state index in [-0.39, 0.29) is 17.4 Å². The zero-order valence-electron chi connectivity index (χ0n) is 11.7. The molecule has 18 heavy (non-hydrogen) atoms. The van der Waals surface area contributed by atoms with Crippen LogP contribution in [-0.2, 0) is 0 Å². The van der Waals surface area contributed by atoms with Gasteiger partial charge in [0, 0.05) is 29.4 Å². The van der Waals surface area contributed by atoms with Gasteiger partial charge in [0.05, 0.1) is 0 Å². The van der Waals surface area contributed by atoms with Crippen LogP contribution in [0.3, 0.4) is 0 Å². The second-order valence-corrected chi connectivity index (χ2v) is 5.53. The second-order valence-electron chi connectivity index (χ2n) is 5.53. The summed E-state index contributed by atoms with van der Waals surface area (Å²) in [6.07, 6.45) is 1.82. The van der Waals surface area contributed by atoms with Gasteiger partial charge in [0.1, 0.15) is 5.82 Å². The highest BCUT2D eigenvalue weighted by Gasteiger charge is 2.25. The summed E-state index contributed by atoms with van der Waals surface area (Å²) in [5.41, 5.74) is 7.19. The van der Waals surface area contributed by atoms with E-state index in [2.05, 4.69) is 32.3 Å². The molecule has 0 unspecified atom stereocenters. The van der Waals surface area contributed by atoms with Gasteiger partial charge in [-0.2, -0.15) is 0 Å². The van der Waals surface area contributed by atoms with E-state index in [1.807, 2.05) is 12.1 Å². The van der Waals surface area contributed by atoms with E-state index in [0.717, 1.165) is 5.69 Å². The van der Waals surface area contributed by atoms with E-state index in [9.17, 15) is 4.39 Å². The molecule has 100 valence electrons. The third-order valence-corrected chi connectivity index (χ3v) is 2.90. The first-order valence-electron chi connectivity index (χ1n) is 6.21. The summed E-state index contributed by atoms with van der Waals surface area (Å²) in [6.45, 7) is 12.5. The maximum atomic E-state index is 14.0. The molecule has 0 bridgehead atoms. The molecule has 0 aliphatic rings. The molecule has 0 saturated heterocycles. The minimum atomic E-state index is -0.337. The summed E-state index contributed by atoms with van der Waals surface area (Å²) >= 11 is 0. The van der Waals surface area contributed by atoms with Crippen molar-refractivity contribution in [3.05, 3.63) is 42.2 Å². The number of nitrogens with two attached hydrogens (primary N) is 1. The summed E-state index contributed by atoms with van der Waals surface area (Å²) in [7, 11) is 0. The molecule has 1 aromatic carbocycles. The van der Waals surface area contributed by atoms with E-state index >= 15 is 0 Å². The summed E-state index contributed by atoms with van der Waals surface area (Å²) in [5, 5.41) is 0. The number of anilines is 1. The Morgan fingerprint density at radius 1 is 1.44 bits per heavy atom. The van der Waals surface area contributed by atoms with Gasteiger partial charge in [0.25, 0.3) is 0 Å². The smallest absolute Gasteiger partial charge is 0.130 e. The quantitative estimate of drug-likeness (QED) is 0.827. The zero-order valence-corrected chi connectivity index (χ0v) is 11.7. The molecule has 0 spiro atoms. The predicted molar refractivity (Wildman–Crippen MR) is 76.3 cm³/mol. The normalized spacial score (nSPS) is 13.2. The average Bonchev–Trinajstić information content (AvgIpc) is 2.23. The average molecular weight is 250 g/mol. The molecular formula is C15H23FN2.